The van der Waals surface area contributed by atoms with Crippen LogP contribution in [0.1, 0.15) is 5.69 Å². The van der Waals surface area contributed by atoms with E-state index < -0.39 is 17.4 Å². The summed E-state index contributed by atoms with van der Waals surface area (Å²) in [5.74, 6) is 0. The van der Waals surface area contributed by atoms with Crippen LogP contribution in [0.5, 0.6) is 0 Å². The summed E-state index contributed by atoms with van der Waals surface area (Å²) in [4.78, 5) is 16.1. The molecule has 1 N–H and O–H groups in total. The second-order valence-electron chi connectivity index (χ2n) is 4.88. The number of nitrogens with zero attached hydrogens (tertiary/aromatic N) is 2. The smallest absolute Gasteiger partial charge is 0.387 e. The van der Waals surface area contributed by atoms with E-state index in [2.05, 4.69) is 10.3 Å². The van der Waals surface area contributed by atoms with Gasteiger partial charge in [-0.1, -0.05) is 18.2 Å². The molecule has 7 heteroatoms. The number of nitrogens with one attached hydrogen (secondary N) is 1. The Morgan fingerprint density at radius 1 is 1.09 bits per heavy atom. The number of fused-ring (bicyclic) bond motifs is 1. The van der Waals surface area contributed by atoms with E-state index in [0.29, 0.717) is 16.8 Å². The lowest BCUT2D eigenvalue weighted by molar-refractivity contribution is -0.141. The molecule has 2 heterocycles. The summed E-state index contributed by atoms with van der Waals surface area (Å²) in [6.45, 7) is 0. The zero-order valence-electron chi connectivity index (χ0n) is 12.1. The quantitative estimate of drug-likeness (QED) is 0.787. The zero-order chi connectivity index (χ0) is 16.6. The standard InChI is InChI=1S/C16H12F3N3O/c1-20-12-9-14(23)22(10-5-3-2-4-6-10)15-11(12)7-8-13(21-15)16(17,18)19/h2-9,20H,1H3. The van der Waals surface area contributed by atoms with Crippen LogP contribution < -0.4 is 10.9 Å². The molecule has 4 nitrogen and oxygen atoms in total. The van der Waals surface area contributed by atoms with Crippen LogP contribution in [0, 0.1) is 0 Å². The number of alkyl halides is 3. The molecule has 0 aliphatic rings. The van der Waals surface area contributed by atoms with Gasteiger partial charge in [0.1, 0.15) is 11.3 Å². The molecule has 1 aromatic carbocycles. The predicted molar refractivity (Wildman–Crippen MR) is 81.9 cm³/mol. The van der Waals surface area contributed by atoms with Crippen LogP contribution in [0.15, 0.2) is 53.3 Å². The molecule has 0 unspecified atom stereocenters. The predicted octanol–water partition coefficient (Wildman–Crippen LogP) is 3.45. The molecular weight excluding hydrogens is 307 g/mol. The Labute approximate surface area is 129 Å². The van der Waals surface area contributed by atoms with Gasteiger partial charge in [0.2, 0.25) is 0 Å². The lowest BCUT2D eigenvalue weighted by atomic mass is 10.2. The maximum atomic E-state index is 13.0. The van der Waals surface area contributed by atoms with Gasteiger partial charge in [-0.25, -0.2) is 4.98 Å². The highest BCUT2D eigenvalue weighted by molar-refractivity contribution is 5.90. The van der Waals surface area contributed by atoms with Gasteiger partial charge in [0.25, 0.3) is 5.56 Å². The van der Waals surface area contributed by atoms with E-state index in [0.717, 1.165) is 6.07 Å². The number of halogens is 3. The Morgan fingerprint density at radius 2 is 1.78 bits per heavy atom. The van der Waals surface area contributed by atoms with Crippen LogP contribution in [0.4, 0.5) is 18.9 Å². The van der Waals surface area contributed by atoms with E-state index >= 15 is 0 Å². The molecule has 0 fully saturated rings. The normalized spacial score (nSPS) is 11.7. The first-order valence-electron chi connectivity index (χ1n) is 6.79. The van der Waals surface area contributed by atoms with Gasteiger partial charge in [0.15, 0.2) is 0 Å². The van der Waals surface area contributed by atoms with Crippen molar-refractivity contribution in [2.24, 2.45) is 0 Å². The summed E-state index contributed by atoms with van der Waals surface area (Å²) >= 11 is 0. The topological polar surface area (TPSA) is 46.9 Å². The molecule has 0 amide bonds. The molecule has 0 saturated heterocycles. The summed E-state index contributed by atoms with van der Waals surface area (Å²) in [6, 6.07) is 12.0. The number of hydrogen-bond donors (Lipinski definition) is 1. The largest absolute Gasteiger partial charge is 0.433 e. The Balaban J connectivity index is 2.43. The molecular formula is C16H12F3N3O. The summed E-state index contributed by atoms with van der Waals surface area (Å²) in [6.07, 6.45) is -4.58. The molecule has 0 aliphatic carbocycles. The van der Waals surface area contributed by atoms with E-state index in [-0.39, 0.29) is 5.65 Å². The first-order valence-corrected chi connectivity index (χ1v) is 6.79. The van der Waals surface area contributed by atoms with Crippen LogP contribution in [0.2, 0.25) is 0 Å². The molecule has 23 heavy (non-hydrogen) atoms. The van der Waals surface area contributed by atoms with E-state index in [1.54, 1.807) is 37.4 Å². The molecule has 0 aliphatic heterocycles. The van der Waals surface area contributed by atoms with Crippen LogP contribution in [-0.2, 0) is 6.18 Å². The van der Waals surface area contributed by atoms with Crippen LogP contribution in [-0.4, -0.2) is 16.6 Å². The van der Waals surface area contributed by atoms with Crippen molar-refractivity contribution in [2.75, 3.05) is 12.4 Å². The van der Waals surface area contributed by atoms with Gasteiger partial charge in [-0.3, -0.25) is 9.36 Å². The molecule has 0 saturated carbocycles. The van der Waals surface area contributed by atoms with Crippen molar-refractivity contribution >= 4 is 16.7 Å². The summed E-state index contributed by atoms with van der Waals surface area (Å²) in [5.41, 5.74) is -0.652. The summed E-state index contributed by atoms with van der Waals surface area (Å²) in [5, 5.41) is 3.25. The van der Waals surface area contributed by atoms with Crippen molar-refractivity contribution in [3.63, 3.8) is 0 Å². The second-order valence-corrected chi connectivity index (χ2v) is 4.88. The Kier molecular flexibility index (Phi) is 3.55. The average Bonchev–Trinajstić information content (AvgIpc) is 2.53. The number of para-hydroxylation sites is 1. The van der Waals surface area contributed by atoms with Gasteiger partial charge < -0.3 is 5.32 Å². The van der Waals surface area contributed by atoms with E-state index in [9.17, 15) is 18.0 Å². The van der Waals surface area contributed by atoms with Gasteiger partial charge >= 0.3 is 6.18 Å². The third kappa shape index (κ3) is 2.65. The lowest BCUT2D eigenvalue weighted by Crippen LogP contribution is -2.21. The Bertz CT molecular complexity index is 917. The van der Waals surface area contributed by atoms with Crippen molar-refractivity contribution in [3.8, 4) is 5.69 Å². The highest BCUT2D eigenvalue weighted by Crippen LogP contribution is 2.30. The number of anilines is 1. The fraction of sp³-hybridized carbons (Fsp3) is 0.125. The molecule has 3 aromatic rings. The number of pyridine rings is 2. The first kappa shape index (κ1) is 15.1. The third-order valence-electron chi connectivity index (χ3n) is 3.44. The van der Waals surface area contributed by atoms with E-state index in [1.807, 2.05) is 0 Å². The van der Waals surface area contributed by atoms with Gasteiger partial charge in [-0.15, -0.1) is 0 Å². The maximum absolute atomic E-state index is 13.0. The van der Waals surface area contributed by atoms with Gasteiger partial charge in [0.05, 0.1) is 11.4 Å². The second kappa shape index (κ2) is 5.42. The van der Waals surface area contributed by atoms with Gasteiger partial charge in [0, 0.05) is 18.5 Å². The lowest BCUT2D eigenvalue weighted by Gasteiger charge is -2.14. The minimum Gasteiger partial charge on any atom is -0.387 e. The minimum atomic E-state index is -4.58. The highest BCUT2D eigenvalue weighted by Gasteiger charge is 2.33. The highest BCUT2D eigenvalue weighted by atomic mass is 19.4. The molecule has 118 valence electrons. The molecule has 0 spiro atoms. The maximum Gasteiger partial charge on any atom is 0.433 e. The molecule has 3 rings (SSSR count). The van der Waals surface area contributed by atoms with Crippen molar-refractivity contribution in [1.82, 2.24) is 9.55 Å². The SMILES string of the molecule is CNc1cc(=O)n(-c2ccccc2)c2nc(C(F)(F)F)ccc12. The van der Waals surface area contributed by atoms with Crippen molar-refractivity contribution in [3.05, 3.63) is 64.6 Å². The number of rotatable bonds is 2. The Morgan fingerprint density at radius 3 is 2.39 bits per heavy atom. The monoisotopic (exact) mass is 319 g/mol. The van der Waals surface area contributed by atoms with Gasteiger partial charge in [-0.05, 0) is 24.3 Å². The molecule has 0 bridgehead atoms. The fourth-order valence-electron chi connectivity index (χ4n) is 2.39. The zero-order valence-corrected chi connectivity index (χ0v) is 12.1. The van der Waals surface area contributed by atoms with Crippen LogP contribution >= 0.6 is 0 Å². The van der Waals surface area contributed by atoms with Crippen molar-refractivity contribution < 1.29 is 13.2 Å². The molecule has 2 aromatic heterocycles. The molecule has 0 radical (unpaired) electrons. The van der Waals surface area contributed by atoms with Crippen LogP contribution in [0.3, 0.4) is 0 Å². The van der Waals surface area contributed by atoms with E-state index in [4.69, 9.17) is 0 Å². The Hall–Kier alpha value is -2.83. The first-order chi connectivity index (χ1) is 10.9. The van der Waals surface area contributed by atoms with Crippen LogP contribution in [0.25, 0.3) is 16.7 Å². The number of aromatic nitrogens is 2. The molecule has 0 atom stereocenters. The van der Waals surface area contributed by atoms with Crippen molar-refractivity contribution in [2.45, 2.75) is 6.18 Å². The third-order valence-corrected chi connectivity index (χ3v) is 3.44. The van der Waals surface area contributed by atoms with E-state index in [1.165, 1.54) is 16.7 Å². The number of hydrogen-bond acceptors (Lipinski definition) is 3. The number of benzene rings is 1. The summed E-state index contributed by atoms with van der Waals surface area (Å²) in [7, 11) is 1.60. The summed E-state index contributed by atoms with van der Waals surface area (Å²) < 4.78 is 40.1. The minimum absolute atomic E-state index is 0.0390. The van der Waals surface area contributed by atoms with Gasteiger partial charge in [-0.2, -0.15) is 13.2 Å². The average molecular weight is 319 g/mol. The fourth-order valence-corrected chi connectivity index (χ4v) is 2.39. The van der Waals surface area contributed by atoms with Crippen molar-refractivity contribution in [1.29, 1.82) is 0 Å².